The Labute approximate surface area is 159 Å². The summed E-state index contributed by atoms with van der Waals surface area (Å²) < 4.78 is 10.8. The number of carbonyl (C=O) groups excluding carboxylic acids is 1. The number of hydrogen-bond acceptors (Lipinski definition) is 7. The van der Waals surface area contributed by atoms with Crippen molar-refractivity contribution < 1.29 is 14.1 Å². The molecule has 0 saturated carbocycles. The lowest BCUT2D eigenvalue weighted by Gasteiger charge is -2.19. The van der Waals surface area contributed by atoms with Crippen molar-refractivity contribution in [2.24, 2.45) is 0 Å². The summed E-state index contributed by atoms with van der Waals surface area (Å²) in [4.78, 5) is 25.5. The second-order valence-electron chi connectivity index (χ2n) is 7.20. The third kappa shape index (κ3) is 4.10. The number of methoxy groups -OCH3 is 1. The van der Waals surface area contributed by atoms with Gasteiger partial charge in [0.05, 0.1) is 31.5 Å². The molecule has 2 aromatic rings. The van der Waals surface area contributed by atoms with E-state index in [1.165, 1.54) is 0 Å². The maximum absolute atomic E-state index is 12.6. The first-order chi connectivity index (χ1) is 12.9. The molecular weight excluding hydrogens is 346 g/mol. The molecule has 0 bridgehead atoms. The molecule has 146 valence electrons. The summed E-state index contributed by atoms with van der Waals surface area (Å²) in [5.74, 6) is 1.89. The van der Waals surface area contributed by atoms with Crippen LogP contribution in [0.15, 0.2) is 10.6 Å². The van der Waals surface area contributed by atoms with Crippen molar-refractivity contribution >= 4 is 5.91 Å². The normalized spacial score (nSPS) is 13.7. The van der Waals surface area contributed by atoms with E-state index in [1.807, 2.05) is 36.8 Å². The third-order valence-electron chi connectivity index (χ3n) is 4.60. The molecule has 3 heterocycles. The van der Waals surface area contributed by atoms with Gasteiger partial charge in [0, 0.05) is 24.6 Å². The molecule has 0 aliphatic carbocycles. The van der Waals surface area contributed by atoms with E-state index in [4.69, 9.17) is 9.26 Å². The topological polar surface area (TPSA) is 84.6 Å². The fraction of sp³-hybridized carbons (Fsp3) is 0.579. The summed E-state index contributed by atoms with van der Waals surface area (Å²) in [6, 6.07) is 2.04. The smallest absolute Gasteiger partial charge is 0.256 e. The van der Waals surface area contributed by atoms with Crippen LogP contribution in [0.3, 0.4) is 0 Å². The van der Waals surface area contributed by atoms with E-state index in [9.17, 15) is 4.79 Å². The zero-order chi connectivity index (χ0) is 19.6. The van der Waals surface area contributed by atoms with Crippen LogP contribution in [0.4, 0.5) is 0 Å². The number of aromatic nitrogens is 3. The number of nitrogens with zero attached hydrogens (tertiary/aromatic N) is 5. The molecule has 2 aromatic heterocycles. The number of ether oxygens (including phenoxy) is 1. The Balaban J connectivity index is 1.75. The number of hydrogen-bond donors (Lipinski definition) is 0. The summed E-state index contributed by atoms with van der Waals surface area (Å²) in [7, 11) is 3.56. The van der Waals surface area contributed by atoms with Crippen molar-refractivity contribution in [1.82, 2.24) is 24.9 Å². The zero-order valence-corrected chi connectivity index (χ0v) is 16.7. The molecule has 0 fully saturated rings. The second kappa shape index (κ2) is 8.04. The van der Waals surface area contributed by atoms with Gasteiger partial charge < -0.3 is 14.2 Å². The van der Waals surface area contributed by atoms with Gasteiger partial charge in [-0.3, -0.25) is 9.69 Å². The number of pyridine rings is 1. The summed E-state index contributed by atoms with van der Waals surface area (Å²) in [5, 5.41) is 3.98. The largest absolute Gasteiger partial charge is 0.481 e. The number of amides is 1. The van der Waals surface area contributed by atoms with Crippen LogP contribution in [-0.2, 0) is 26.1 Å². The van der Waals surface area contributed by atoms with Gasteiger partial charge in [0.1, 0.15) is 0 Å². The Morgan fingerprint density at radius 1 is 1.33 bits per heavy atom. The van der Waals surface area contributed by atoms with Gasteiger partial charge >= 0.3 is 0 Å². The Morgan fingerprint density at radius 2 is 2.11 bits per heavy atom. The lowest BCUT2D eigenvalue weighted by atomic mass is 10.1. The van der Waals surface area contributed by atoms with E-state index in [0.29, 0.717) is 37.0 Å². The molecule has 27 heavy (non-hydrogen) atoms. The molecule has 1 aliphatic heterocycles. The predicted octanol–water partition coefficient (Wildman–Crippen LogP) is 2.42. The highest BCUT2D eigenvalue weighted by atomic mass is 16.5. The van der Waals surface area contributed by atoms with Gasteiger partial charge in [-0.05, 0) is 33.4 Å². The van der Waals surface area contributed by atoms with Gasteiger partial charge in [0.15, 0.2) is 5.82 Å². The molecule has 0 aromatic carbocycles. The Morgan fingerprint density at radius 3 is 2.78 bits per heavy atom. The SMILES string of the molecule is CCCc1noc(CN(C)Cc2cc3c(nc2OC)CN(C(C)C)C3=O)n1. The third-order valence-corrected chi connectivity index (χ3v) is 4.60. The van der Waals surface area contributed by atoms with Crippen LogP contribution in [0, 0.1) is 0 Å². The average Bonchev–Trinajstić information content (AvgIpc) is 3.19. The highest BCUT2D eigenvalue weighted by Gasteiger charge is 2.32. The molecule has 0 atom stereocenters. The second-order valence-corrected chi connectivity index (χ2v) is 7.20. The molecule has 0 spiro atoms. The van der Waals surface area contributed by atoms with Crippen LogP contribution < -0.4 is 4.74 Å². The van der Waals surface area contributed by atoms with Crippen LogP contribution in [0.1, 0.15) is 60.5 Å². The molecule has 1 amide bonds. The van der Waals surface area contributed by atoms with Crippen molar-refractivity contribution in [2.75, 3.05) is 14.2 Å². The fourth-order valence-electron chi connectivity index (χ4n) is 3.23. The van der Waals surface area contributed by atoms with Gasteiger partial charge in [-0.25, -0.2) is 4.98 Å². The molecule has 1 aliphatic rings. The molecule has 3 rings (SSSR count). The number of aryl methyl sites for hydroxylation is 1. The highest BCUT2D eigenvalue weighted by molar-refractivity contribution is 5.98. The molecule has 8 nitrogen and oxygen atoms in total. The van der Waals surface area contributed by atoms with E-state index >= 15 is 0 Å². The van der Waals surface area contributed by atoms with Crippen molar-refractivity contribution in [1.29, 1.82) is 0 Å². The van der Waals surface area contributed by atoms with E-state index in [-0.39, 0.29) is 11.9 Å². The van der Waals surface area contributed by atoms with Crippen molar-refractivity contribution in [3.8, 4) is 5.88 Å². The minimum atomic E-state index is 0.0279. The maximum atomic E-state index is 12.6. The summed E-state index contributed by atoms with van der Waals surface area (Å²) in [6.45, 7) is 7.70. The van der Waals surface area contributed by atoms with Crippen molar-refractivity contribution in [3.63, 3.8) is 0 Å². The summed E-state index contributed by atoms with van der Waals surface area (Å²) in [6.07, 6.45) is 1.79. The Hall–Kier alpha value is -2.48. The Bertz CT molecular complexity index is 818. The van der Waals surface area contributed by atoms with Crippen molar-refractivity contribution in [2.45, 2.75) is 59.3 Å². The van der Waals surface area contributed by atoms with Crippen LogP contribution in [0.25, 0.3) is 0 Å². The Kier molecular flexibility index (Phi) is 5.74. The molecule has 0 radical (unpaired) electrons. The van der Waals surface area contributed by atoms with Crippen LogP contribution in [-0.4, -0.2) is 51.0 Å². The quantitative estimate of drug-likeness (QED) is 0.702. The molecule has 0 saturated heterocycles. The summed E-state index contributed by atoms with van der Waals surface area (Å²) in [5.41, 5.74) is 2.31. The van der Waals surface area contributed by atoms with Gasteiger partial charge in [-0.2, -0.15) is 4.98 Å². The highest BCUT2D eigenvalue weighted by Crippen LogP contribution is 2.29. The van der Waals surface area contributed by atoms with Crippen molar-refractivity contribution in [3.05, 3.63) is 34.6 Å². The summed E-state index contributed by atoms with van der Waals surface area (Å²) >= 11 is 0. The number of carbonyl (C=O) groups is 1. The first-order valence-electron chi connectivity index (χ1n) is 9.30. The minimum absolute atomic E-state index is 0.0279. The predicted molar refractivity (Wildman–Crippen MR) is 99.3 cm³/mol. The first-order valence-corrected chi connectivity index (χ1v) is 9.30. The van der Waals surface area contributed by atoms with E-state index < -0.39 is 0 Å². The first kappa shape index (κ1) is 19.3. The number of fused-ring (bicyclic) bond motifs is 1. The van der Waals surface area contributed by atoms with Gasteiger partial charge in [-0.15, -0.1) is 0 Å². The lowest BCUT2D eigenvalue weighted by molar-refractivity contribution is 0.0730. The maximum Gasteiger partial charge on any atom is 0.256 e. The standard InChI is InChI=1S/C19H27N5O3/c1-6-7-16-21-17(27-22-16)11-23(4)9-13-8-14-15(20-18(13)26-5)10-24(12(2)3)19(14)25/h8,12H,6-7,9-11H2,1-5H3. The molecule has 8 heteroatoms. The van der Waals surface area contributed by atoms with Gasteiger partial charge in [0.25, 0.3) is 5.91 Å². The number of rotatable bonds is 8. The van der Waals surface area contributed by atoms with E-state index in [1.54, 1.807) is 7.11 Å². The lowest BCUT2D eigenvalue weighted by Crippen LogP contribution is -2.30. The van der Waals surface area contributed by atoms with Gasteiger partial charge in [-0.1, -0.05) is 12.1 Å². The van der Waals surface area contributed by atoms with Crippen LogP contribution in [0.2, 0.25) is 0 Å². The monoisotopic (exact) mass is 373 g/mol. The van der Waals surface area contributed by atoms with Crippen LogP contribution in [0.5, 0.6) is 5.88 Å². The van der Waals surface area contributed by atoms with Crippen LogP contribution >= 0.6 is 0 Å². The zero-order valence-electron chi connectivity index (χ0n) is 16.7. The molecule has 0 unspecified atom stereocenters. The average molecular weight is 373 g/mol. The van der Waals surface area contributed by atoms with E-state index in [0.717, 1.165) is 29.9 Å². The fourth-order valence-corrected chi connectivity index (χ4v) is 3.23. The molecular formula is C19H27N5O3. The minimum Gasteiger partial charge on any atom is -0.481 e. The van der Waals surface area contributed by atoms with Gasteiger partial charge in [0.2, 0.25) is 11.8 Å². The molecule has 0 N–H and O–H groups in total. The van der Waals surface area contributed by atoms with E-state index in [2.05, 4.69) is 22.0 Å².